The van der Waals surface area contributed by atoms with Gasteiger partial charge in [0.1, 0.15) is 23.3 Å². The number of nitrogens with zero attached hydrogens (tertiary/aromatic N) is 2. The molecule has 0 saturated carbocycles. The van der Waals surface area contributed by atoms with E-state index in [9.17, 15) is 4.39 Å². The number of hydrogen-bond donors (Lipinski definition) is 2. The first-order valence-corrected chi connectivity index (χ1v) is 6.26. The van der Waals surface area contributed by atoms with Crippen molar-refractivity contribution >= 4 is 11.6 Å². The van der Waals surface area contributed by atoms with Crippen LogP contribution in [0.1, 0.15) is 18.3 Å². The lowest BCUT2D eigenvalue weighted by Crippen LogP contribution is -2.07. The van der Waals surface area contributed by atoms with E-state index in [1.54, 1.807) is 12.1 Å². The van der Waals surface area contributed by atoms with E-state index in [1.165, 1.54) is 6.07 Å². The molecule has 2 aromatic rings. The topological polar surface area (TPSA) is 49.8 Å². The van der Waals surface area contributed by atoms with Crippen LogP contribution in [0.4, 0.5) is 16.0 Å². The van der Waals surface area contributed by atoms with Gasteiger partial charge in [-0.25, -0.2) is 14.4 Å². The molecule has 1 aromatic carbocycles. The highest BCUT2D eigenvalue weighted by Crippen LogP contribution is 2.13. The minimum atomic E-state index is -0.215. The van der Waals surface area contributed by atoms with Crippen LogP contribution >= 0.6 is 0 Å². The highest BCUT2D eigenvalue weighted by atomic mass is 19.1. The van der Waals surface area contributed by atoms with Crippen LogP contribution in [0.2, 0.25) is 0 Å². The van der Waals surface area contributed by atoms with Crippen molar-refractivity contribution in [3.05, 3.63) is 47.5 Å². The lowest BCUT2D eigenvalue weighted by molar-refractivity contribution is 0.613. The molecule has 5 heteroatoms. The summed E-state index contributed by atoms with van der Waals surface area (Å²) in [6, 6.07) is 8.51. The smallest absolute Gasteiger partial charge is 0.132 e. The van der Waals surface area contributed by atoms with Crippen molar-refractivity contribution in [1.29, 1.82) is 0 Å². The van der Waals surface area contributed by atoms with E-state index in [2.05, 4.69) is 20.6 Å². The average Bonchev–Trinajstić information content (AvgIpc) is 2.37. The summed E-state index contributed by atoms with van der Waals surface area (Å²) >= 11 is 0. The molecule has 0 saturated heterocycles. The fourth-order valence-corrected chi connectivity index (χ4v) is 1.76. The molecule has 1 heterocycles. The molecule has 0 aliphatic carbocycles. The van der Waals surface area contributed by atoms with Crippen molar-refractivity contribution in [3.8, 4) is 0 Å². The Labute approximate surface area is 112 Å². The normalized spacial score (nSPS) is 10.3. The summed E-state index contributed by atoms with van der Waals surface area (Å²) in [5, 5.41) is 6.24. The standard InChI is InChI=1S/C14H17FN4/c1-3-16-13-8-14(19-10(2)18-13)17-9-11-6-4-5-7-12(11)15/h4-8H,3,9H2,1-2H3,(H2,16,17,18,19). The van der Waals surface area contributed by atoms with Gasteiger partial charge in [-0.15, -0.1) is 0 Å². The van der Waals surface area contributed by atoms with Gasteiger partial charge in [0, 0.05) is 24.7 Å². The maximum Gasteiger partial charge on any atom is 0.132 e. The van der Waals surface area contributed by atoms with Gasteiger partial charge in [-0.1, -0.05) is 18.2 Å². The maximum absolute atomic E-state index is 13.5. The summed E-state index contributed by atoms with van der Waals surface area (Å²) in [5.74, 6) is 1.92. The Morgan fingerprint density at radius 2 is 1.79 bits per heavy atom. The molecular formula is C14H17FN4. The van der Waals surface area contributed by atoms with Crippen molar-refractivity contribution in [2.75, 3.05) is 17.2 Å². The highest BCUT2D eigenvalue weighted by molar-refractivity contribution is 5.47. The molecule has 4 nitrogen and oxygen atoms in total. The van der Waals surface area contributed by atoms with Crippen LogP contribution in [0.3, 0.4) is 0 Å². The van der Waals surface area contributed by atoms with Crippen molar-refractivity contribution in [3.63, 3.8) is 0 Å². The SMILES string of the molecule is CCNc1cc(NCc2ccccc2F)nc(C)n1. The highest BCUT2D eigenvalue weighted by Gasteiger charge is 2.03. The fraction of sp³-hybridized carbons (Fsp3) is 0.286. The summed E-state index contributed by atoms with van der Waals surface area (Å²) < 4.78 is 13.5. The summed E-state index contributed by atoms with van der Waals surface area (Å²) in [7, 11) is 0. The minimum Gasteiger partial charge on any atom is -0.370 e. The van der Waals surface area contributed by atoms with Gasteiger partial charge in [0.25, 0.3) is 0 Å². The molecule has 0 amide bonds. The molecule has 0 aliphatic rings. The number of halogens is 1. The van der Waals surface area contributed by atoms with E-state index >= 15 is 0 Å². The molecule has 0 fully saturated rings. The Balaban J connectivity index is 2.09. The average molecular weight is 260 g/mol. The summed E-state index contributed by atoms with van der Waals surface area (Å²) in [5.41, 5.74) is 0.615. The molecular weight excluding hydrogens is 243 g/mol. The second-order valence-electron chi connectivity index (χ2n) is 4.16. The van der Waals surface area contributed by atoms with Crippen LogP contribution in [0.5, 0.6) is 0 Å². The van der Waals surface area contributed by atoms with Crippen LogP contribution in [-0.4, -0.2) is 16.5 Å². The molecule has 0 bridgehead atoms. The van der Waals surface area contributed by atoms with Crippen molar-refractivity contribution in [2.24, 2.45) is 0 Å². The second-order valence-corrected chi connectivity index (χ2v) is 4.16. The van der Waals surface area contributed by atoms with E-state index in [-0.39, 0.29) is 5.82 Å². The number of anilines is 2. The number of benzene rings is 1. The Bertz CT molecular complexity index is 557. The van der Waals surface area contributed by atoms with Gasteiger partial charge in [0.15, 0.2) is 0 Å². The van der Waals surface area contributed by atoms with Gasteiger partial charge in [-0.05, 0) is 19.9 Å². The number of aromatic nitrogens is 2. The molecule has 0 spiro atoms. The van der Waals surface area contributed by atoms with E-state index in [4.69, 9.17) is 0 Å². The van der Waals surface area contributed by atoms with Gasteiger partial charge in [0.05, 0.1) is 0 Å². The van der Waals surface area contributed by atoms with Crippen LogP contribution in [0, 0.1) is 12.7 Å². The first-order valence-electron chi connectivity index (χ1n) is 6.26. The third kappa shape index (κ3) is 3.64. The lowest BCUT2D eigenvalue weighted by Gasteiger charge is -2.09. The largest absolute Gasteiger partial charge is 0.370 e. The van der Waals surface area contributed by atoms with E-state index in [0.717, 1.165) is 12.4 Å². The van der Waals surface area contributed by atoms with E-state index in [1.807, 2.05) is 26.0 Å². The molecule has 0 unspecified atom stereocenters. The predicted molar refractivity (Wildman–Crippen MR) is 74.7 cm³/mol. The van der Waals surface area contributed by atoms with Gasteiger partial charge in [-0.2, -0.15) is 0 Å². The molecule has 0 radical (unpaired) electrons. The van der Waals surface area contributed by atoms with E-state index in [0.29, 0.717) is 23.8 Å². The number of nitrogens with one attached hydrogen (secondary N) is 2. The zero-order valence-electron chi connectivity index (χ0n) is 11.1. The maximum atomic E-state index is 13.5. The lowest BCUT2D eigenvalue weighted by atomic mass is 10.2. The van der Waals surface area contributed by atoms with Crippen LogP contribution < -0.4 is 10.6 Å². The Kier molecular flexibility index (Phi) is 4.28. The Hall–Kier alpha value is -2.17. The third-order valence-electron chi connectivity index (χ3n) is 2.61. The molecule has 1 aromatic heterocycles. The van der Waals surface area contributed by atoms with Gasteiger partial charge >= 0.3 is 0 Å². The predicted octanol–water partition coefficient (Wildman–Crippen LogP) is 2.97. The first-order chi connectivity index (χ1) is 9.19. The zero-order valence-corrected chi connectivity index (χ0v) is 11.1. The molecule has 2 N–H and O–H groups in total. The molecule has 0 atom stereocenters. The van der Waals surface area contributed by atoms with Crippen LogP contribution in [0.25, 0.3) is 0 Å². The van der Waals surface area contributed by atoms with Crippen LogP contribution in [0.15, 0.2) is 30.3 Å². The quantitative estimate of drug-likeness (QED) is 0.867. The first kappa shape index (κ1) is 13.3. The third-order valence-corrected chi connectivity index (χ3v) is 2.61. The molecule has 2 rings (SSSR count). The summed E-state index contributed by atoms with van der Waals surface area (Å²) in [6.45, 7) is 5.02. The molecule has 100 valence electrons. The van der Waals surface area contributed by atoms with E-state index < -0.39 is 0 Å². The van der Waals surface area contributed by atoms with Crippen molar-refractivity contribution < 1.29 is 4.39 Å². The fourth-order valence-electron chi connectivity index (χ4n) is 1.76. The molecule has 19 heavy (non-hydrogen) atoms. The minimum absolute atomic E-state index is 0.215. The summed E-state index contributed by atoms with van der Waals surface area (Å²) in [4.78, 5) is 8.54. The van der Waals surface area contributed by atoms with Crippen molar-refractivity contribution in [1.82, 2.24) is 9.97 Å². The zero-order chi connectivity index (χ0) is 13.7. The number of hydrogen-bond acceptors (Lipinski definition) is 4. The van der Waals surface area contributed by atoms with Gasteiger partial charge in [-0.3, -0.25) is 0 Å². The number of aryl methyl sites for hydroxylation is 1. The van der Waals surface area contributed by atoms with Gasteiger partial charge in [0.2, 0.25) is 0 Å². The Morgan fingerprint density at radius 3 is 2.47 bits per heavy atom. The second kappa shape index (κ2) is 6.13. The van der Waals surface area contributed by atoms with Crippen LogP contribution in [-0.2, 0) is 6.54 Å². The van der Waals surface area contributed by atoms with Crippen molar-refractivity contribution in [2.45, 2.75) is 20.4 Å². The number of rotatable bonds is 5. The monoisotopic (exact) mass is 260 g/mol. The molecule has 0 aliphatic heterocycles. The van der Waals surface area contributed by atoms with Gasteiger partial charge < -0.3 is 10.6 Å². The summed E-state index contributed by atoms with van der Waals surface area (Å²) in [6.07, 6.45) is 0. The Morgan fingerprint density at radius 1 is 1.11 bits per heavy atom.